The van der Waals surface area contributed by atoms with E-state index in [0.29, 0.717) is 6.54 Å². The van der Waals surface area contributed by atoms with Crippen molar-refractivity contribution in [3.8, 4) is 0 Å². The van der Waals surface area contributed by atoms with Crippen molar-refractivity contribution in [3.63, 3.8) is 0 Å². The second-order valence-corrected chi connectivity index (χ2v) is 4.59. The third-order valence-electron chi connectivity index (χ3n) is 3.51. The van der Waals surface area contributed by atoms with Gasteiger partial charge in [0.2, 0.25) is 5.91 Å². The summed E-state index contributed by atoms with van der Waals surface area (Å²) in [5.41, 5.74) is 2.58. The number of aryl methyl sites for hydroxylation is 1. The first-order chi connectivity index (χ1) is 7.23. The van der Waals surface area contributed by atoms with Gasteiger partial charge in [-0.1, -0.05) is 6.92 Å². The van der Waals surface area contributed by atoms with Crippen LogP contribution in [0.1, 0.15) is 31.2 Å². The predicted molar refractivity (Wildman–Crippen MR) is 55.5 cm³/mol. The molecular formula is C11H15N3O. The molecule has 0 saturated heterocycles. The highest BCUT2D eigenvalue weighted by molar-refractivity contribution is 5.76. The standard InChI is InChI=1S/C11H15N3O/c1-2-8-5-9-11(3-4-11)7-12-10(15)6-14(9)13-8/h5H,2-4,6-7H2,1H3,(H,12,15). The van der Waals surface area contributed by atoms with Crippen molar-refractivity contribution in [2.75, 3.05) is 6.54 Å². The zero-order valence-corrected chi connectivity index (χ0v) is 8.92. The van der Waals surface area contributed by atoms with Crippen LogP contribution in [0, 0.1) is 0 Å². The van der Waals surface area contributed by atoms with Crippen molar-refractivity contribution in [1.82, 2.24) is 15.1 Å². The molecule has 4 nitrogen and oxygen atoms in total. The van der Waals surface area contributed by atoms with Crippen LogP contribution in [-0.4, -0.2) is 22.2 Å². The molecule has 2 heterocycles. The molecule has 0 aromatic carbocycles. The molecule has 1 aromatic heterocycles. The molecule has 0 atom stereocenters. The first-order valence-corrected chi connectivity index (χ1v) is 5.57. The highest BCUT2D eigenvalue weighted by Crippen LogP contribution is 2.48. The molecule has 2 aliphatic rings. The maximum Gasteiger partial charge on any atom is 0.241 e. The largest absolute Gasteiger partial charge is 0.354 e. The van der Waals surface area contributed by atoms with Crippen LogP contribution in [0.2, 0.25) is 0 Å². The molecule has 1 aromatic rings. The maximum atomic E-state index is 11.5. The summed E-state index contributed by atoms with van der Waals surface area (Å²) < 4.78 is 1.90. The van der Waals surface area contributed by atoms with Gasteiger partial charge in [0, 0.05) is 17.7 Å². The van der Waals surface area contributed by atoms with Gasteiger partial charge in [0.15, 0.2) is 0 Å². The van der Waals surface area contributed by atoms with Crippen molar-refractivity contribution >= 4 is 5.91 Å². The van der Waals surface area contributed by atoms with Crippen molar-refractivity contribution < 1.29 is 4.79 Å². The number of carbonyl (C=O) groups excluding carboxylic acids is 1. The van der Waals surface area contributed by atoms with Gasteiger partial charge in [0.25, 0.3) is 0 Å². The van der Waals surface area contributed by atoms with E-state index in [1.54, 1.807) is 0 Å². The summed E-state index contributed by atoms with van der Waals surface area (Å²) in [5.74, 6) is 0.0887. The highest BCUT2D eigenvalue weighted by atomic mass is 16.2. The Kier molecular flexibility index (Phi) is 1.69. The molecule has 1 spiro atoms. The van der Waals surface area contributed by atoms with Crippen molar-refractivity contribution in [3.05, 3.63) is 17.5 Å². The molecule has 3 rings (SSSR count). The summed E-state index contributed by atoms with van der Waals surface area (Å²) >= 11 is 0. The topological polar surface area (TPSA) is 46.9 Å². The fraction of sp³-hybridized carbons (Fsp3) is 0.636. The van der Waals surface area contributed by atoms with Crippen molar-refractivity contribution in [2.45, 2.75) is 38.1 Å². The second kappa shape index (κ2) is 2.84. The predicted octanol–water partition coefficient (Wildman–Crippen LogP) is 0.607. The Morgan fingerprint density at radius 3 is 3.07 bits per heavy atom. The number of nitrogens with one attached hydrogen (secondary N) is 1. The number of aromatic nitrogens is 2. The molecule has 15 heavy (non-hydrogen) atoms. The lowest BCUT2D eigenvalue weighted by Crippen LogP contribution is -2.29. The van der Waals surface area contributed by atoms with Crippen LogP contribution in [-0.2, 0) is 23.2 Å². The van der Waals surface area contributed by atoms with Gasteiger partial charge in [-0.05, 0) is 25.3 Å². The third-order valence-corrected chi connectivity index (χ3v) is 3.51. The van der Waals surface area contributed by atoms with E-state index < -0.39 is 0 Å². The van der Waals surface area contributed by atoms with Crippen molar-refractivity contribution in [2.24, 2.45) is 0 Å². The molecule has 0 radical (unpaired) electrons. The van der Waals surface area contributed by atoms with Gasteiger partial charge in [-0.15, -0.1) is 0 Å². The first-order valence-electron chi connectivity index (χ1n) is 5.57. The summed E-state index contributed by atoms with van der Waals surface area (Å²) in [7, 11) is 0. The molecule has 1 saturated carbocycles. The number of hydrogen-bond acceptors (Lipinski definition) is 2. The summed E-state index contributed by atoms with van der Waals surface area (Å²) in [6, 6.07) is 2.17. The first kappa shape index (κ1) is 8.95. The zero-order valence-electron chi connectivity index (χ0n) is 8.92. The van der Waals surface area contributed by atoms with E-state index >= 15 is 0 Å². The van der Waals surface area contributed by atoms with E-state index in [4.69, 9.17) is 0 Å². The lowest BCUT2D eigenvalue weighted by molar-refractivity contribution is -0.121. The molecule has 0 bridgehead atoms. The Hall–Kier alpha value is -1.32. The summed E-state index contributed by atoms with van der Waals surface area (Å²) in [6.07, 6.45) is 3.31. The van der Waals surface area contributed by atoms with E-state index in [1.165, 1.54) is 18.5 Å². The van der Waals surface area contributed by atoms with Gasteiger partial charge in [-0.2, -0.15) is 5.10 Å². The fourth-order valence-electron chi connectivity index (χ4n) is 2.32. The van der Waals surface area contributed by atoms with Crippen LogP contribution >= 0.6 is 0 Å². The minimum absolute atomic E-state index is 0.0887. The quantitative estimate of drug-likeness (QED) is 0.730. The smallest absolute Gasteiger partial charge is 0.241 e. The number of carbonyl (C=O) groups is 1. The minimum Gasteiger partial charge on any atom is -0.354 e. The van der Waals surface area contributed by atoms with Crippen LogP contribution in [0.15, 0.2) is 6.07 Å². The Morgan fingerprint density at radius 2 is 2.40 bits per heavy atom. The van der Waals surface area contributed by atoms with Crippen molar-refractivity contribution in [1.29, 1.82) is 0 Å². The lowest BCUT2D eigenvalue weighted by atomic mass is 10.0. The van der Waals surface area contributed by atoms with Crippen LogP contribution in [0.3, 0.4) is 0 Å². The molecule has 0 unspecified atom stereocenters. The third kappa shape index (κ3) is 1.28. The normalized spacial score (nSPS) is 22.1. The van der Waals surface area contributed by atoms with E-state index in [9.17, 15) is 4.79 Å². The van der Waals surface area contributed by atoms with E-state index in [1.807, 2.05) is 4.68 Å². The van der Waals surface area contributed by atoms with Crippen LogP contribution < -0.4 is 5.32 Å². The van der Waals surface area contributed by atoms with Crippen LogP contribution in [0.4, 0.5) is 0 Å². The van der Waals surface area contributed by atoms with Gasteiger partial charge in [0.1, 0.15) is 6.54 Å². The molecule has 1 aliphatic heterocycles. The van der Waals surface area contributed by atoms with Crippen LogP contribution in [0.25, 0.3) is 0 Å². The van der Waals surface area contributed by atoms with Gasteiger partial charge in [-0.3, -0.25) is 9.48 Å². The molecular weight excluding hydrogens is 190 g/mol. The second-order valence-electron chi connectivity index (χ2n) is 4.59. The Morgan fingerprint density at radius 1 is 1.60 bits per heavy atom. The minimum atomic E-state index is 0.0887. The highest BCUT2D eigenvalue weighted by Gasteiger charge is 2.48. The summed E-state index contributed by atoms with van der Waals surface area (Å²) in [5, 5.41) is 7.44. The van der Waals surface area contributed by atoms with Gasteiger partial charge < -0.3 is 5.32 Å². The fourth-order valence-corrected chi connectivity index (χ4v) is 2.32. The average molecular weight is 205 g/mol. The lowest BCUT2D eigenvalue weighted by Gasteiger charge is -2.11. The maximum absolute atomic E-state index is 11.5. The number of fused-ring (bicyclic) bond motifs is 2. The number of hydrogen-bond donors (Lipinski definition) is 1. The molecule has 1 N–H and O–H groups in total. The van der Waals surface area contributed by atoms with Gasteiger partial charge in [-0.25, -0.2) is 0 Å². The number of amides is 1. The Balaban J connectivity index is 2.07. The van der Waals surface area contributed by atoms with Crippen LogP contribution in [0.5, 0.6) is 0 Å². The Bertz CT molecular complexity index is 417. The van der Waals surface area contributed by atoms with Gasteiger partial charge >= 0.3 is 0 Å². The van der Waals surface area contributed by atoms with E-state index in [0.717, 1.165) is 18.7 Å². The average Bonchev–Trinajstić information content (AvgIpc) is 2.93. The molecule has 1 fully saturated rings. The summed E-state index contributed by atoms with van der Waals surface area (Å²) in [6.45, 7) is 3.28. The van der Waals surface area contributed by atoms with E-state index in [2.05, 4.69) is 23.4 Å². The molecule has 4 heteroatoms. The molecule has 1 aliphatic carbocycles. The molecule has 80 valence electrons. The monoisotopic (exact) mass is 205 g/mol. The number of nitrogens with zero attached hydrogens (tertiary/aromatic N) is 2. The SMILES string of the molecule is CCc1cc2n(n1)CC(=O)NCC21CC1. The zero-order chi connectivity index (χ0) is 10.5. The number of rotatable bonds is 1. The Labute approximate surface area is 88.7 Å². The van der Waals surface area contributed by atoms with Gasteiger partial charge in [0.05, 0.1) is 5.69 Å². The summed E-state index contributed by atoms with van der Waals surface area (Å²) in [4.78, 5) is 11.5. The molecule has 1 amide bonds. The van der Waals surface area contributed by atoms with E-state index in [-0.39, 0.29) is 11.3 Å².